The third kappa shape index (κ3) is 4.02. The second kappa shape index (κ2) is 6.68. The zero-order chi connectivity index (χ0) is 15.4. The minimum absolute atomic E-state index is 0.175. The summed E-state index contributed by atoms with van der Waals surface area (Å²) in [5.41, 5.74) is 1.21. The molecule has 0 aliphatic rings. The molecule has 2 rings (SSSR count). The van der Waals surface area contributed by atoms with Crippen LogP contribution in [0.2, 0.25) is 5.02 Å². The zero-order valence-corrected chi connectivity index (χ0v) is 12.6. The van der Waals surface area contributed by atoms with Gasteiger partial charge in [-0.3, -0.25) is 4.79 Å². The first-order valence-corrected chi connectivity index (χ1v) is 7.03. The monoisotopic (exact) mass is 306 g/mol. The van der Waals surface area contributed by atoms with E-state index in [-0.39, 0.29) is 23.4 Å². The van der Waals surface area contributed by atoms with E-state index in [9.17, 15) is 9.18 Å². The second-order valence-electron chi connectivity index (χ2n) is 5.11. The Balaban J connectivity index is 2.20. The first-order chi connectivity index (χ1) is 9.97. The lowest BCUT2D eigenvalue weighted by atomic mass is 9.95. The van der Waals surface area contributed by atoms with Crippen molar-refractivity contribution in [3.63, 3.8) is 0 Å². The predicted octanol–water partition coefficient (Wildman–Crippen LogP) is 4.00. The van der Waals surface area contributed by atoms with Crippen LogP contribution in [-0.2, 0) is 0 Å². The topological polar surface area (TPSA) is 42.0 Å². The molecular formula is C16H16ClFN2O. The van der Waals surface area contributed by atoms with Crippen molar-refractivity contribution in [1.29, 1.82) is 0 Å². The number of benzene rings is 1. The molecule has 0 spiro atoms. The number of nitrogens with zero attached hydrogens (tertiary/aromatic N) is 1. The Hall–Kier alpha value is -1.94. The molecule has 1 unspecified atom stereocenters. The fourth-order valence-electron chi connectivity index (χ4n) is 2.07. The minimum atomic E-state index is -0.671. The van der Waals surface area contributed by atoms with Crippen molar-refractivity contribution in [3.8, 4) is 0 Å². The van der Waals surface area contributed by atoms with E-state index in [4.69, 9.17) is 11.6 Å². The van der Waals surface area contributed by atoms with E-state index in [0.717, 1.165) is 11.6 Å². The number of halogens is 2. The maximum Gasteiger partial charge on any atom is 0.251 e. The van der Waals surface area contributed by atoms with Gasteiger partial charge in [-0.2, -0.15) is 4.39 Å². The molecule has 0 radical (unpaired) electrons. The van der Waals surface area contributed by atoms with E-state index in [0.29, 0.717) is 5.02 Å². The predicted molar refractivity (Wildman–Crippen MR) is 80.7 cm³/mol. The molecule has 21 heavy (non-hydrogen) atoms. The molecule has 1 aromatic heterocycles. The van der Waals surface area contributed by atoms with Gasteiger partial charge in [-0.15, -0.1) is 0 Å². The number of amides is 1. The summed E-state index contributed by atoms with van der Waals surface area (Å²) in [6.07, 6.45) is 1.27. The first kappa shape index (κ1) is 15.4. The third-order valence-electron chi connectivity index (χ3n) is 3.17. The van der Waals surface area contributed by atoms with Gasteiger partial charge >= 0.3 is 0 Å². The van der Waals surface area contributed by atoms with Crippen molar-refractivity contribution in [2.45, 2.75) is 19.9 Å². The van der Waals surface area contributed by atoms with Gasteiger partial charge < -0.3 is 5.32 Å². The van der Waals surface area contributed by atoms with E-state index < -0.39 is 5.95 Å². The first-order valence-electron chi connectivity index (χ1n) is 6.65. The molecule has 0 bridgehead atoms. The van der Waals surface area contributed by atoms with Crippen LogP contribution in [0.4, 0.5) is 4.39 Å². The molecule has 1 heterocycles. The largest absolute Gasteiger partial charge is 0.345 e. The summed E-state index contributed by atoms with van der Waals surface area (Å²) in [6, 6.07) is 9.74. The molecule has 0 saturated carbocycles. The summed E-state index contributed by atoms with van der Waals surface area (Å²) >= 11 is 5.88. The van der Waals surface area contributed by atoms with Crippen LogP contribution in [0, 0.1) is 11.9 Å². The smallest absolute Gasteiger partial charge is 0.251 e. The van der Waals surface area contributed by atoms with Crippen molar-refractivity contribution in [3.05, 3.63) is 64.7 Å². The Morgan fingerprint density at radius 1 is 1.24 bits per heavy atom. The normalized spacial score (nSPS) is 12.2. The van der Waals surface area contributed by atoms with E-state index in [2.05, 4.69) is 10.3 Å². The van der Waals surface area contributed by atoms with Crippen LogP contribution >= 0.6 is 11.6 Å². The lowest BCUT2D eigenvalue weighted by Crippen LogP contribution is -2.31. The average molecular weight is 307 g/mol. The average Bonchev–Trinajstić information content (AvgIpc) is 2.45. The molecule has 1 amide bonds. The van der Waals surface area contributed by atoms with Gasteiger partial charge in [0.25, 0.3) is 5.91 Å². The van der Waals surface area contributed by atoms with Gasteiger partial charge in [-0.25, -0.2) is 4.98 Å². The summed E-state index contributed by atoms with van der Waals surface area (Å²) in [7, 11) is 0. The highest BCUT2D eigenvalue weighted by molar-refractivity contribution is 6.30. The fourth-order valence-corrected chi connectivity index (χ4v) is 2.20. The van der Waals surface area contributed by atoms with Crippen LogP contribution in [0.1, 0.15) is 35.8 Å². The molecule has 0 fully saturated rings. The number of carbonyl (C=O) groups is 1. The Labute approximate surface area is 128 Å². The number of carbonyl (C=O) groups excluding carboxylic acids is 1. The highest BCUT2D eigenvalue weighted by Crippen LogP contribution is 2.23. The number of hydrogen-bond donors (Lipinski definition) is 1. The Morgan fingerprint density at radius 2 is 1.90 bits per heavy atom. The standard InChI is InChI=1S/C16H16ClFN2O/c1-10(2)15(11-3-5-13(17)6-4-11)20-16(21)12-7-8-19-14(18)9-12/h3-10,15H,1-2H3,(H,20,21). The van der Waals surface area contributed by atoms with Crippen molar-refractivity contribution in [2.24, 2.45) is 5.92 Å². The summed E-state index contributed by atoms with van der Waals surface area (Å²) in [5.74, 6) is -0.818. The molecule has 0 aliphatic heterocycles. The Kier molecular flexibility index (Phi) is 4.91. The highest BCUT2D eigenvalue weighted by atomic mass is 35.5. The maximum atomic E-state index is 13.1. The second-order valence-corrected chi connectivity index (χ2v) is 5.55. The molecular weight excluding hydrogens is 291 g/mol. The minimum Gasteiger partial charge on any atom is -0.345 e. The molecule has 1 N–H and O–H groups in total. The van der Waals surface area contributed by atoms with Crippen LogP contribution in [-0.4, -0.2) is 10.9 Å². The number of rotatable bonds is 4. The number of pyridine rings is 1. The number of nitrogens with one attached hydrogen (secondary N) is 1. The molecule has 1 atom stereocenters. The van der Waals surface area contributed by atoms with Gasteiger partial charge in [0.1, 0.15) is 0 Å². The van der Waals surface area contributed by atoms with Gasteiger partial charge in [0.05, 0.1) is 6.04 Å². The zero-order valence-electron chi connectivity index (χ0n) is 11.8. The summed E-state index contributed by atoms with van der Waals surface area (Å²) in [5, 5.41) is 3.56. The van der Waals surface area contributed by atoms with E-state index in [1.807, 2.05) is 26.0 Å². The van der Waals surface area contributed by atoms with Gasteiger partial charge in [-0.1, -0.05) is 37.6 Å². The number of hydrogen-bond acceptors (Lipinski definition) is 2. The van der Waals surface area contributed by atoms with Crippen LogP contribution in [0.3, 0.4) is 0 Å². The molecule has 0 saturated heterocycles. The Morgan fingerprint density at radius 3 is 2.48 bits per heavy atom. The molecule has 0 aliphatic carbocycles. The van der Waals surface area contributed by atoms with Crippen molar-refractivity contribution in [2.75, 3.05) is 0 Å². The van der Waals surface area contributed by atoms with Crippen molar-refractivity contribution < 1.29 is 9.18 Å². The van der Waals surface area contributed by atoms with Crippen LogP contribution in [0.5, 0.6) is 0 Å². The van der Waals surface area contributed by atoms with Gasteiger partial charge in [0.2, 0.25) is 5.95 Å². The van der Waals surface area contributed by atoms with Gasteiger partial charge in [-0.05, 0) is 29.7 Å². The van der Waals surface area contributed by atoms with Crippen LogP contribution < -0.4 is 5.32 Å². The SMILES string of the molecule is CC(C)C(NC(=O)c1ccnc(F)c1)c1ccc(Cl)cc1. The van der Waals surface area contributed by atoms with E-state index in [1.54, 1.807) is 12.1 Å². The third-order valence-corrected chi connectivity index (χ3v) is 3.42. The van der Waals surface area contributed by atoms with Gasteiger partial charge in [0, 0.05) is 22.8 Å². The molecule has 2 aromatic rings. The lowest BCUT2D eigenvalue weighted by molar-refractivity contribution is 0.0925. The fraction of sp³-hybridized carbons (Fsp3) is 0.250. The van der Waals surface area contributed by atoms with Crippen LogP contribution in [0.15, 0.2) is 42.6 Å². The summed E-state index contributed by atoms with van der Waals surface area (Å²) in [4.78, 5) is 15.7. The van der Waals surface area contributed by atoms with E-state index >= 15 is 0 Å². The molecule has 5 heteroatoms. The van der Waals surface area contributed by atoms with E-state index in [1.165, 1.54) is 12.3 Å². The highest BCUT2D eigenvalue weighted by Gasteiger charge is 2.19. The summed E-state index contributed by atoms with van der Waals surface area (Å²) in [6.45, 7) is 4.01. The molecule has 110 valence electrons. The molecule has 3 nitrogen and oxygen atoms in total. The lowest BCUT2D eigenvalue weighted by Gasteiger charge is -2.23. The molecule has 1 aromatic carbocycles. The van der Waals surface area contributed by atoms with Crippen LogP contribution in [0.25, 0.3) is 0 Å². The quantitative estimate of drug-likeness (QED) is 0.867. The summed E-state index contributed by atoms with van der Waals surface area (Å²) < 4.78 is 13.1. The van der Waals surface area contributed by atoms with Crippen molar-refractivity contribution >= 4 is 17.5 Å². The Bertz CT molecular complexity index is 628. The van der Waals surface area contributed by atoms with Crippen molar-refractivity contribution in [1.82, 2.24) is 10.3 Å². The maximum absolute atomic E-state index is 13.1. The van der Waals surface area contributed by atoms with Gasteiger partial charge in [0.15, 0.2) is 0 Å². The number of aromatic nitrogens is 1.